The van der Waals surface area contributed by atoms with Gasteiger partial charge >= 0.3 is 0 Å². The molecule has 5 nitrogen and oxygen atoms in total. The lowest BCUT2D eigenvalue weighted by atomic mass is 10.3. The van der Waals surface area contributed by atoms with Crippen LogP contribution in [0.25, 0.3) is 0 Å². The second-order valence-corrected chi connectivity index (χ2v) is 3.75. The van der Waals surface area contributed by atoms with Gasteiger partial charge in [-0.15, -0.1) is 12.4 Å². The topological polar surface area (TPSA) is 58.1 Å². The first-order valence-corrected chi connectivity index (χ1v) is 5.38. The molecule has 0 spiro atoms. The molecular formula is C8H13ClN4OS. The lowest BCUT2D eigenvalue weighted by Gasteiger charge is -2.17. The summed E-state index contributed by atoms with van der Waals surface area (Å²) in [6.07, 6.45) is 2.54. The molecule has 0 aromatic carbocycles. The highest BCUT2D eigenvalue weighted by Gasteiger charge is 2.18. The Hall–Kier alpha value is -0.720. The highest BCUT2D eigenvalue weighted by atomic mass is 35.5. The molecule has 1 aliphatic heterocycles. The number of amides is 1. The summed E-state index contributed by atoms with van der Waals surface area (Å²) in [4.78, 5) is 13.6. The van der Waals surface area contributed by atoms with E-state index in [2.05, 4.69) is 14.1 Å². The molecule has 0 unspecified atom stereocenters. The number of hydrogen-bond acceptors (Lipinski definition) is 5. The van der Waals surface area contributed by atoms with Crippen LogP contribution < -0.4 is 5.32 Å². The minimum atomic E-state index is 0. The maximum atomic E-state index is 11.8. The smallest absolute Gasteiger partial charge is 0.275 e. The Morgan fingerprint density at radius 3 is 3.07 bits per heavy atom. The average molecular weight is 249 g/mol. The number of rotatable bonds is 1. The summed E-state index contributed by atoms with van der Waals surface area (Å²) in [5.74, 6) is 0.00227. The molecule has 84 valence electrons. The van der Waals surface area contributed by atoms with E-state index in [0.29, 0.717) is 5.69 Å². The van der Waals surface area contributed by atoms with Crippen molar-refractivity contribution in [1.82, 2.24) is 19.0 Å². The number of hydrogen-bond donors (Lipinski definition) is 1. The van der Waals surface area contributed by atoms with E-state index in [1.165, 1.54) is 6.20 Å². The van der Waals surface area contributed by atoms with E-state index in [0.717, 1.165) is 44.3 Å². The summed E-state index contributed by atoms with van der Waals surface area (Å²) in [7, 11) is 0. The molecule has 0 radical (unpaired) electrons. The van der Waals surface area contributed by atoms with Gasteiger partial charge in [-0.2, -0.15) is 8.75 Å². The molecule has 15 heavy (non-hydrogen) atoms. The molecule has 1 fully saturated rings. The van der Waals surface area contributed by atoms with E-state index in [9.17, 15) is 4.79 Å². The molecule has 0 atom stereocenters. The van der Waals surface area contributed by atoms with Crippen molar-refractivity contribution in [3.63, 3.8) is 0 Å². The second kappa shape index (κ2) is 5.99. The summed E-state index contributed by atoms with van der Waals surface area (Å²) in [5.41, 5.74) is 0.469. The summed E-state index contributed by atoms with van der Waals surface area (Å²) in [6, 6.07) is 0. The Labute approximate surface area is 98.6 Å². The van der Waals surface area contributed by atoms with E-state index >= 15 is 0 Å². The lowest BCUT2D eigenvalue weighted by Crippen LogP contribution is -2.34. The van der Waals surface area contributed by atoms with Crippen LogP contribution >= 0.6 is 24.1 Å². The van der Waals surface area contributed by atoms with Gasteiger partial charge < -0.3 is 10.2 Å². The molecule has 0 bridgehead atoms. The predicted molar refractivity (Wildman–Crippen MR) is 60.5 cm³/mol. The molecule has 2 heterocycles. The third kappa shape index (κ3) is 3.12. The number of halogens is 1. The fourth-order valence-corrected chi connectivity index (χ4v) is 1.88. The first-order valence-electron chi connectivity index (χ1n) is 4.65. The minimum Gasteiger partial charge on any atom is -0.336 e. The third-order valence-electron chi connectivity index (χ3n) is 2.21. The minimum absolute atomic E-state index is 0. The molecule has 1 saturated heterocycles. The van der Waals surface area contributed by atoms with Crippen molar-refractivity contribution in [2.75, 3.05) is 26.2 Å². The van der Waals surface area contributed by atoms with Crippen LogP contribution in [0.3, 0.4) is 0 Å². The molecule has 1 N–H and O–H groups in total. The van der Waals surface area contributed by atoms with Crippen molar-refractivity contribution in [1.29, 1.82) is 0 Å². The maximum Gasteiger partial charge on any atom is 0.275 e. The van der Waals surface area contributed by atoms with Crippen LogP contribution in [-0.4, -0.2) is 45.7 Å². The molecule has 1 aromatic heterocycles. The quantitative estimate of drug-likeness (QED) is 0.782. The van der Waals surface area contributed by atoms with Crippen molar-refractivity contribution in [3.05, 3.63) is 11.9 Å². The van der Waals surface area contributed by atoms with E-state index in [-0.39, 0.29) is 18.3 Å². The van der Waals surface area contributed by atoms with Gasteiger partial charge in [0.25, 0.3) is 5.91 Å². The summed E-state index contributed by atoms with van der Waals surface area (Å²) in [5, 5.41) is 3.25. The van der Waals surface area contributed by atoms with Gasteiger partial charge in [-0.3, -0.25) is 4.79 Å². The van der Waals surface area contributed by atoms with Crippen molar-refractivity contribution >= 4 is 30.0 Å². The first-order chi connectivity index (χ1) is 6.88. The van der Waals surface area contributed by atoms with Gasteiger partial charge in [0.05, 0.1) is 17.9 Å². The van der Waals surface area contributed by atoms with Gasteiger partial charge in [0.15, 0.2) is 5.69 Å². The van der Waals surface area contributed by atoms with Gasteiger partial charge in [-0.05, 0) is 13.0 Å². The number of carbonyl (C=O) groups excluding carboxylic acids is 1. The van der Waals surface area contributed by atoms with Gasteiger partial charge in [-0.25, -0.2) is 0 Å². The number of nitrogens with zero attached hydrogens (tertiary/aromatic N) is 3. The van der Waals surface area contributed by atoms with Gasteiger partial charge in [-0.1, -0.05) is 0 Å². The summed E-state index contributed by atoms with van der Waals surface area (Å²) >= 11 is 1.07. The molecule has 1 aromatic rings. The molecule has 0 saturated carbocycles. The first kappa shape index (κ1) is 12.4. The maximum absolute atomic E-state index is 11.8. The van der Waals surface area contributed by atoms with Crippen LogP contribution in [0.2, 0.25) is 0 Å². The van der Waals surface area contributed by atoms with Crippen molar-refractivity contribution in [2.45, 2.75) is 6.42 Å². The van der Waals surface area contributed by atoms with E-state index in [1.807, 2.05) is 4.90 Å². The van der Waals surface area contributed by atoms with Crippen LogP contribution in [0.1, 0.15) is 16.9 Å². The predicted octanol–water partition coefficient (Wildman–Crippen LogP) is 0.395. The normalized spacial score (nSPS) is 16.7. The SMILES string of the molecule is Cl.O=C(c1cnsn1)N1CCCNCC1. The van der Waals surface area contributed by atoms with Crippen molar-refractivity contribution in [3.8, 4) is 0 Å². The van der Waals surface area contributed by atoms with Gasteiger partial charge in [0.1, 0.15) is 0 Å². The van der Waals surface area contributed by atoms with E-state index < -0.39 is 0 Å². The molecular weight excluding hydrogens is 236 g/mol. The Morgan fingerprint density at radius 2 is 2.33 bits per heavy atom. The molecule has 7 heteroatoms. The molecule has 2 rings (SSSR count). The summed E-state index contributed by atoms with van der Waals surface area (Å²) < 4.78 is 7.77. The highest BCUT2D eigenvalue weighted by Crippen LogP contribution is 2.04. The number of nitrogens with one attached hydrogen (secondary N) is 1. The fourth-order valence-electron chi connectivity index (χ4n) is 1.47. The zero-order chi connectivity index (χ0) is 9.80. The van der Waals surface area contributed by atoms with Gasteiger partial charge in [0, 0.05) is 19.6 Å². The Bertz CT molecular complexity index is 298. The fraction of sp³-hybridized carbons (Fsp3) is 0.625. The van der Waals surface area contributed by atoms with Crippen molar-refractivity contribution < 1.29 is 4.79 Å². The number of carbonyl (C=O) groups is 1. The van der Waals surface area contributed by atoms with Crippen molar-refractivity contribution in [2.24, 2.45) is 0 Å². The zero-order valence-corrected chi connectivity index (χ0v) is 9.81. The van der Waals surface area contributed by atoms with Crippen LogP contribution in [0.15, 0.2) is 6.20 Å². The second-order valence-electron chi connectivity index (χ2n) is 3.19. The molecule has 0 aliphatic carbocycles. The van der Waals surface area contributed by atoms with E-state index in [1.54, 1.807) is 0 Å². The third-order valence-corrected chi connectivity index (χ3v) is 2.69. The number of aromatic nitrogens is 2. The molecule has 1 aliphatic rings. The van der Waals surface area contributed by atoms with Crippen LogP contribution in [0, 0.1) is 0 Å². The van der Waals surface area contributed by atoms with Crippen LogP contribution in [0.4, 0.5) is 0 Å². The zero-order valence-electron chi connectivity index (χ0n) is 8.18. The average Bonchev–Trinajstić information content (AvgIpc) is 2.59. The Morgan fingerprint density at radius 1 is 1.47 bits per heavy atom. The van der Waals surface area contributed by atoms with Crippen LogP contribution in [0.5, 0.6) is 0 Å². The largest absolute Gasteiger partial charge is 0.336 e. The highest BCUT2D eigenvalue weighted by molar-refractivity contribution is 6.99. The standard InChI is InChI=1S/C8H12N4OS.ClH/c13-8(7-6-10-14-11-7)12-4-1-2-9-3-5-12;/h6,9H,1-5H2;1H. The summed E-state index contributed by atoms with van der Waals surface area (Å²) in [6.45, 7) is 3.42. The van der Waals surface area contributed by atoms with E-state index in [4.69, 9.17) is 0 Å². The van der Waals surface area contributed by atoms with Crippen LogP contribution in [-0.2, 0) is 0 Å². The monoisotopic (exact) mass is 248 g/mol. The van der Waals surface area contributed by atoms with Gasteiger partial charge in [0.2, 0.25) is 0 Å². The molecule has 1 amide bonds. The Balaban J connectivity index is 0.00000112. The Kier molecular flexibility index (Phi) is 4.93. The lowest BCUT2D eigenvalue weighted by molar-refractivity contribution is 0.0761.